The number of aryl methyl sites for hydroxylation is 1. The Labute approximate surface area is 146 Å². The molecule has 0 aliphatic heterocycles. The van der Waals surface area contributed by atoms with Gasteiger partial charge in [-0.05, 0) is 11.6 Å². The molecule has 3 heteroatoms. The third-order valence-corrected chi connectivity index (χ3v) is 4.39. The van der Waals surface area contributed by atoms with Crippen LogP contribution in [-0.2, 0) is 7.05 Å². The first-order valence-corrected chi connectivity index (χ1v) is 7.43. The molecule has 0 fully saturated rings. The minimum absolute atomic E-state index is 0. The van der Waals surface area contributed by atoms with E-state index < -0.39 is 0 Å². The summed E-state index contributed by atoms with van der Waals surface area (Å²) in [6, 6.07) is 18.8. The first kappa shape index (κ1) is 15.9. The van der Waals surface area contributed by atoms with Crippen LogP contribution in [0.25, 0.3) is 22.4 Å². The minimum Gasteiger partial charge on any atom is -0.185 e. The number of hydrogen-bond acceptors (Lipinski definition) is 1. The molecule has 0 saturated heterocycles. The Hall–Kier alpha value is -1.46. The normalized spacial score (nSPS) is 11.3. The van der Waals surface area contributed by atoms with Gasteiger partial charge < -0.3 is 0 Å². The van der Waals surface area contributed by atoms with E-state index in [2.05, 4.69) is 84.4 Å². The highest BCUT2D eigenvalue weighted by molar-refractivity contribution is 14.0. The number of hydrogen-bond donors (Lipinski definition) is 0. The van der Waals surface area contributed by atoms with Gasteiger partial charge in [-0.25, -0.2) is 0 Å². The maximum absolute atomic E-state index is 2.23. The van der Waals surface area contributed by atoms with Crippen LogP contribution in [0.2, 0.25) is 0 Å². The van der Waals surface area contributed by atoms with Gasteiger partial charge in [-0.15, -0.1) is 24.0 Å². The van der Waals surface area contributed by atoms with Gasteiger partial charge in [0, 0.05) is 12.1 Å². The fourth-order valence-electron chi connectivity index (χ4n) is 2.13. The summed E-state index contributed by atoms with van der Waals surface area (Å²) >= 11 is 1.81. The zero-order valence-corrected chi connectivity index (χ0v) is 14.9. The maximum Gasteiger partial charge on any atom is 0.262 e. The lowest BCUT2D eigenvalue weighted by Gasteiger charge is -1.88. The molecule has 0 aliphatic carbocycles. The second kappa shape index (κ2) is 7.52. The number of allylic oxidation sites excluding steroid dienone is 2. The molecule has 0 N–H and O–H groups in total. The van der Waals surface area contributed by atoms with Crippen LogP contribution in [0.15, 0.2) is 66.7 Å². The molecule has 1 nitrogen and oxygen atoms in total. The molecule has 0 saturated carbocycles. The van der Waals surface area contributed by atoms with Gasteiger partial charge in [0.25, 0.3) is 5.01 Å². The van der Waals surface area contributed by atoms with Gasteiger partial charge in [-0.1, -0.05) is 72.0 Å². The first-order chi connectivity index (χ1) is 9.84. The Morgan fingerprint density at radius 2 is 1.52 bits per heavy atom. The maximum atomic E-state index is 2.23. The molecule has 1 aromatic heterocycles. The topological polar surface area (TPSA) is 3.88 Å². The molecule has 3 rings (SSSR count). The lowest BCUT2D eigenvalue weighted by molar-refractivity contribution is -0.642. The van der Waals surface area contributed by atoms with Crippen LogP contribution in [0, 0.1) is 0 Å². The molecule has 0 radical (unpaired) electrons. The number of aromatic nitrogens is 1. The van der Waals surface area contributed by atoms with Crippen molar-refractivity contribution in [2.75, 3.05) is 0 Å². The van der Waals surface area contributed by atoms with E-state index in [0.29, 0.717) is 0 Å². The number of para-hydroxylation sites is 1. The van der Waals surface area contributed by atoms with Crippen molar-refractivity contribution >= 4 is 57.7 Å². The summed E-state index contributed by atoms with van der Waals surface area (Å²) in [6.07, 6.45) is 8.45. The monoisotopic (exact) mass is 406 g/mol. The average molecular weight is 406 g/mol. The van der Waals surface area contributed by atoms with Crippen LogP contribution in [0.3, 0.4) is 0 Å². The predicted molar refractivity (Wildman–Crippen MR) is 103 cm³/mol. The first-order valence-electron chi connectivity index (χ1n) is 6.62. The molecule has 0 bridgehead atoms. The average Bonchev–Trinajstić information content (AvgIpc) is 2.82. The molecule has 21 heavy (non-hydrogen) atoms. The van der Waals surface area contributed by atoms with Crippen molar-refractivity contribution in [3.8, 4) is 0 Å². The van der Waals surface area contributed by atoms with Gasteiger partial charge in [0.1, 0.15) is 11.7 Å². The van der Waals surface area contributed by atoms with Crippen molar-refractivity contribution in [2.24, 2.45) is 7.05 Å². The lowest BCUT2D eigenvalue weighted by Crippen LogP contribution is -2.28. The van der Waals surface area contributed by atoms with Crippen molar-refractivity contribution in [3.63, 3.8) is 0 Å². The molecular weight excluding hydrogens is 389 g/mol. The Morgan fingerprint density at radius 1 is 0.857 bits per heavy atom. The largest absolute Gasteiger partial charge is 0.262 e. The van der Waals surface area contributed by atoms with Crippen molar-refractivity contribution in [1.29, 1.82) is 0 Å². The van der Waals surface area contributed by atoms with Gasteiger partial charge in [0.2, 0.25) is 5.52 Å². The molecule has 0 amide bonds. The fourth-order valence-corrected chi connectivity index (χ4v) is 3.20. The van der Waals surface area contributed by atoms with Crippen LogP contribution in [0.4, 0.5) is 0 Å². The van der Waals surface area contributed by atoms with Crippen molar-refractivity contribution < 1.29 is 4.57 Å². The van der Waals surface area contributed by atoms with E-state index >= 15 is 0 Å². The molecule has 3 aromatic rings. The second-order valence-electron chi connectivity index (χ2n) is 4.60. The molecule has 0 spiro atoms. The summed E-state index contributed by atoms with van der Waals surface area (Å²) in [7, 11) is 2.11. The standard InChI is InChI=1S/C18H16NS.HI/c1-19-16-12-6-7-13-17(16)20-18(19)14-8-5-11-15-9-3-2-4-10-15;/h2-14H,1H3;1H/q+1;/b11-5+,14-8+;. The fraction of sp³-hybridized carbons (Fsp3) is 0.0556. The van der Waals surface area contributed by atoms with Gasteiger partial charge >= 0.3 is 0 Å². The van der Waals surface area contributed by atoms with E-state index in [4.69, 9.17) is 0 Å². The number of rotatable bonds is 3. The predicted octanol–water partition coefficient (Wildman–Crippen LogP) is 5.07. The number of nitrogens with zero attached hydrogens (tertiary/aromatic N) is 1. The van der Waals surface area contributed by atoms with Crippen LogP contribution in [0.5, 0.6) is 0 Å². The van der Waals surface area contributed by atoms with E-state index in [1.54, 1.807) is 0 Å². The highest BCUT2D eigenvalue weighted by Gasteiger charge is 2.12. The Balaban J connectivity index is 0.00000161. The molecule has 0 unspecified atom stereocenters. The molecule has 2 aromatic carbocycles. The smallest absolute Gasteiger partial charge is 0.185 e. The van der Waals surface area contributed by atoms with E-state index in [1.165, 1.54) is 20.8 Å². The SMILES string of the molecule is C[n+]1c(/C=C/C=C/c2ccccc2)sc2ccccc21.I. The lowest BCUT2D eigenvalue weighted by atomic mass is 10.2. The third-order valence-electron chi connectivity index (χ3n) is 3.21. The van der Waals surface area contributed by atoms with E-state index in [9.17, 15) is 0 Å². The molecule has 0 aliphatic rings. The summed E-state index contributed by atoms with van der Waals surface area (Å²) in [6.45, 7) is 0. The van der Waals surface area contributed by atoms with Crippen molar-refractivity contribution in [2.45, 2.75) is 0 Å². The zero-order chi connectivity index (χ0) is 13.8. The number of thiazole rings is 1. The highest BCUT2D eigenvalue weighted by atomic mass is 127. The van der Waals surface area contributed by atoms with Gasteiger partial charge in [-0.3, -0.25) is 0 Å². The van der Waals surface area contributed by atoms with E-state index in [0.717, 1.165) is 0 Å². The summed E-state index contributed by atoms with van der Waals surface area (Å²) in [5, 5.41) is 1.25. The molecular formula is C18H17INS+. The van der Waals surface area contributed by atoms with Crippen molar-refractivity contribution in [1.82, 2.24) is 0 Å². The van der Waals surface area contributed by atoms with Crippen LogP contribution >= 0.6 is 35.3 Å². The highest BCUT2D eigenvalue weighted by Crippen LogP contribution is 2.20. The Kier molecular flexibility index (Phi) is 5.70. The summed E-state index contributed by atoms with van der Waals surface area (Å²) in [4.78, 5) is 0. The summed E-state index contributed by atoms with van der Waals surface area (Å²) in [5.41, 5.74) is 2.50. The third kappa shape index (κ3) is 3.80. The number of fused-ring (bicyclic) bond motifs is 1. The van der Waals surface area contributed by atoms with Crippen LogP contribution in [-0.4, -0.2) is 0 Å². The summed E-state index contributed by atoms with van der Waals surface area (Å²) < 4.78 is 3.55. The van der Waals surface area contributed by atoms with Gasteiger partial charge in [-0.2, -0.15) is 4.57 Å². The number of benzene rings is 2. The van der Waals surface area contributed by atoms with E-state index in [-0.39, 0.29) is 24.0 Å². The second-order valence-corrected chi connectivity index (χ2v) is 5.66. The zero-order valence-electron chi connectivity index (χ0n) is 11.8. The molecule has 106 valence electrons. The van der Waals surface area contributed by atoms with Crippen LogP contribution < -0.4 is 4.57 Å². The van der Waals surface area contributed by atoms with Gasteiger partial charge in [0.15, 0.2) is 0 Å². The van der Waals surface area contributed by atoms with Crippen molar-refractivity contribution in [3.05, 3.63) is 77.3 Å². The molecule has 1 heterocycles. The number of halogens is 1. The molecule has 0 atom stereocenters. The quantitative estimate of drug-likeness (QED) is 0.325. The minimum atomic E-state index is 0. The summed E-state index contributed by atoms with van der Waals surface area (Å²) in [5.74, 6) is 0. The van der Waals surface area contributed by atoms with E-state index in [1.807, 2.05) is 17.4 Å². The Morgan fingerprint density at radius 3 is 2.29 bits per heavy atom. The van der Waals surface area contributed by atoms with Gasteiger partial charge in [0.05, 0.1) is 0 Å². The van der Waals surface area contributed by atoms with Crippen LogP contribution in [0.1, 0.15) is 10.6 Å². The Bertz CT molecular complexity index is 772.